The molecule has 0 aromatic heterocycles. The first kappa shape index (κ1) is 23.9. The Morgan fingerprint density at radius 1 is 0.964 bits per heavy atom. The number of nitrogens with zero attached hydrogens (tertiary/aromatic N) is 1. The first-order chi connectivity index (χ1) is 13.1. The molecule has 7 heteroatoms. The number of ether oxygens (including phenoxy) is 3. The van der Waals surface area contributed by atoms with Crippen molar-refractivity contribution in [3.63, 3.8) is 0 Å². The lowest BCUT2D eigenvalue weighted by molar-refractivity contribution is 0.336. The summed E-state index contributed by atoms with van der Waals surface area (Å²) in [5.74, 6) is 3.03. The predicted octanol–water partition coefficient (Wildman–Crippen LogP) is 3.89. The Balaban J connectivity index is 0.00000392. The molecule has 0 aliphatic heterocycles. The number of nitrogens with one attached hydrogen (secondary N) is 2. The third-order valence-corrected chi connectivity index (χ3v) is 4.12. The van der Waals surface area contributed by atoms with Gasteiger partial charge in [0.05, 0.1) is 20.8 Å². The molecule has 0 aliphatic carbocycles. The quantitative estimate of drug-likeness (QED) is 0.328. The van der Waals surface area contributed by atoms with Gasteiger partial charge < -0.3 is 24.8 Å². The summed E-state index contributed by atoms with van der Waals surface area (Å²) in [7, 11) is 5.02. The average Bonchev–Trinajstić information content (AvgIpc) is 2.69. The van der Waals surface area contributed by atoms with Gasteiger partial charge in [-0.1, -0.05) is 24.3 Å². The van der Waals surface area contributed by atoms with Crippen molar-refractivity contribution in [1.29, 1.82) is 0 Å². The molecule has 0 amide bonds. The van der Waals surface area contributed by atoms with Gasteiger partial charge in [0, 0.05) is 31.3 Å². The minimum atomic E-state index is 0. The molecule has 0 radical (unpaired) electrons. The van der Waals surface area contributed by atoms with E-state index in [-0.39, 0.29) is 24.0 Å². The first-order valence-corrected chi connectivity index (χ1v) is 8.99. The Kier molecular flexibility index (Phi) is 10.5. The molecule has 0 heterocycles. The highest BCUT2D eigenvalue weighted by Crippen LogP contribution is 2.30. The Morgan fingerprint density at radius 2 is 1.68 bits per heavy atom. The summed E-state index contributed by atoms with van der Waals surface area (Å²) >= 11 is 0. The maximum atomic E-state index is 5.74. The van der Waals surface area contributed by atoms with Crippen LogP contribution >= 0.6 is 24.0 Å². The molecular weight excluding hydrogens is 469 g/mol. The monoisotopic (exact) mass is 499 g/mol. The Morgan fingerprint density at radius 3 is 2.29 bits per heavy atom. The van der Waals surface area contributed by atoms with E-state index in [0.717, 1.165) is 22.6 Å². The smallest absolute Gasteiger partial charge is 0.191 e. The topological polar surface area (TPSA) is 64.1 Å². The van der Waals surface area contributed by atoms with E-state index in [2.05, 4.69) is 40.7 Å². The lowest BCUT2D eigenvalue weighted by Gasteiger charge is -2.16. The molecule has 0 bridgehead atoms. The van der Waals surface area contributed by atoms with E-state index in [9.17, 15) is 0 Å². The van der Waals surface area contributed by atoms with E-state index in [0.29, 0.717) is 31.4 Å². The van der Waals surface area contributed by atoms with Crippen molar-refractivity contribution in [2.75, 3.05) is 27.9 Å². The summed E-state index contributed by atoms with van der Waals surface area (Å²) in [5.41, 5.74) is 3.25. The van der Waals surface area contributed by atoms with Crippen LogP contribution in [0.25, 0.3) is 0 Å². The third-order valence-electron chi connectivity index (χ3n) is 4.12. The van der Waals surface area contributed by atoms with E-state index < -0.39 is 0 Å². The molecule has 2 aromatic carbocycles. The standard InChI is InChI=1S/C21H29N3O3.HI/c1-6-27-19-12-15(2)10-11-16(19)13-23-21(22-3)24-14-17-8-7-9-18(25-4)20(17)26-5;/h7-12H,6,13-14H2,1-5H3,(H2,22,23,24);1H. The maximum absolute atomic E-state index is 5.74. The fourth-order valence-electron chi connectivity index (χ4n) is 2.77. The molecule has 0 aliphatic rings. The van der Waals surface area contributed by atoms with E-state index in [1.54, 1.807) is 21.3 Å². The Bertz CT molecular complexity index is 781. The summed E-state index contributed by atoms with van der Waals surface area (Å²) in [6, 6.07) is 12.0. The van der Waals surface area contributed by atoms with Crippen LogP contribution in [0.4, 0.5) is 0 Å². The van der Waals surface area contributed by atoms with E-state index in [1.807, 2.05) is 25.1 Å². The zero-order valence-electron chi connectivity index (χ0n) is 17.2. The zero-order chi connectivity index (χ0) is 19.6. The molecule has 154 valence electrons. The molecule has 0 fully saturated rings. The van der Waals surface area contributed by atoms with Crippen LogP contribution < -0.4 is 24.8 Å². The summed E-state index contributed by atoms with van der Waals surface area (Å²) in [6.45, 7) is 5.86. The molecule has 0 spiro atoms. The molecule has 2 aromatic rings. The fraction of sp³-hybridized carbons (Fsp3) is 0.381. The largest absolute Gasteiger partial charge is 0.494 e. The van der Waals surface area contributed by atoms with Crippen molar-refractivity contribution in [3.8, 4) is 17.2 Å². The number of para-hydroxylation sites is 1. The SMILES string of the molecule is CCOc1cc(C)ccc1CNC(=NC)NCc1cccc(OC)c1OC.I. The molecule has 0 unspecified atom stereocenters. The van der Waals surface area contributed by atoms with E-state index in [1.165, 1.54) is 5.56 Å². The van der Waals surface area contributed by atoms with Gasteiger partial charge in [-0.2, -0.15) is 0 Å². The van der Waals surface area contributed by atoms with Gasteiger partial charge in [-0.05, 0) is 31.5 Å². The van der Waals surface area contributed by atoms with E-state index >= 15 is 0 Å². The second-order valence-corrected chi connectivity index (χ2v) is 5.98. The van der Waals surface area contributed by atoms with Crippen LogP contribution in [-0.2, 0) is 13.1 Å². The molecule has 0 saturated heterocycles. The van der Waals surface area contributed by atoms with Crippen molar-refractivity contribution in [2.24, 2.45) is 4.99 Å². The van der Waals surface area contributed by atoms with Crippen LogP contribution in [0.3, 0.4) is 0 Å². The van der Waals surface area contributed by atoms with Crippen molar-refractivity contribution >= 4 is 29.9 Å². The highest BCUT2D eigenvalue weighted by Gasteiger charge is 2.10. The summed E-state index contributed by atoms with van der Waals surface area (Å²) in [6.07, 6.45) is 0. The molecule has 0 atom stereocenters. The second kappa shape index (κ2) is 12.3. The summed E-state index contributed by atoms with van der Waals surface area (Å²) in [5, 5.41) is 6.63. The van der Waals surface area contributed by atoms with Gasteiger partial charge in [0.25, 0.3) is 0 Å². The lowest BCUT2D eigenvalue weighted by atomic mass is 10.1. The van der Waals surface area contributed by atoms with Gasteiger partial charge in [-0.15, -0.1) is 24.0 Å². The minimum Gasteiger partial charge on any atom is -0.494 e. The van der Waals surface area contributed by atoms with Gasteiger partial charge in [0.1, 0.15) is 5.75 Å². The van der Waals surface area contributed by atoms with Crippen LogP contribution in [0, 0.1) is 6.92 Å². The number of hydrogen-bond donors (Lipinski definition) is 2. The number of aliphatic imine (C=N–C) groups is 1. The molecule has 6 nitrogen and oxygen atoms in total. The molecular formula is C21H30IN3O3. The summed E-state index contributed by atoms with van der Waals surface area (Å²) in [4.78, 5) is 4.29. The van der Waals surface area contributed by atoms with Crippen molar-refractivity contribution in [3.05, 3.63) is 53.1 Å². The second-order valence-electron chi connectivity index (χ2n) is 5.98. The van der Waals surface area contributed by atoms with Crippen molar-refractivity contribution < 1.29 is 14.2 Å². The number of hydrogen-bond acceptors (Lipinski definition) is 4. The van der Waals surface area contributed by atoms with Crippen LogP contribution in [0.2, 0.25) is 0 Å². The molecule has 2 N–H and O–H groups in total. The van der Waals surface area contributed by atoms with Gasteiger partial charge in [-0.3, -0.25) is 4.99 Å². The highest BCUT2D eigenvalue weighted by molar-refractivity contribution is 14.0. The van der Waals surface area contributed by atoms with Crippen LogP contribution in [-0.4, -0.2) is 33.8 Å². The first-order valence-electron chi connectivity index (χ1n) is 8.99. The van der Waals surface area contributed by atoms with Crippen LogP contribution in [0.1, 0.15) is 23.6 Å². The van der Waals surface area contributed by atoms with Crippen molar-refractivity contribution in [2.45, 2.75) is 26.9 Å². The lowest BCUT2D eigenvalue weighted by Crippen LogP contribution is -2.36. The Hall–Kier alpha value is -2.16. The van der Waals surface area contributed by atoms with Gasteiger partial charge in [0.2, 0.25) is 0 Å². The van der Waals surface area contributed by atoms with E-state index in [4.69, 9.17) is 14.2 Å². The third kappa shape index (κ3) is 6.47. The highest BCUT2D eigenvalue weighted by atomic mass is 127. The normalized spacial score (nSPS) is 10.7. The summed E-state index contributed by atoms with van der Waals surface area (Å²) < 4.78 is 16.6. The number of guanidine groups is 1. The van der Waals surface area contributed by atoms with Crippen molar-refractivity contribution in [1.82, 2.24) is 10.6 Å². The van der Waals surface area contributed by atoms with Gasteiger partial charge >= 0.3 is 0 Å². The number of methoxy groups -OCH3 is 2. The minimum absolute atomic E-state index is 0. The number of benzene rings is 2. The fourth-order valence-corrected chi connectivity index (χ4v) is 2.77. The molecule has 2 rings (SSSR count). The number of rotatable bonds is 8. The maximum Gasteiger partial charge on any atom is 0.191 e. The van der Waals surface area contributed by atoms with Crippen LogP contribution in [0.15, 0.2) is 41.4 Å². The Labute approximate surface area is 184 Å². The molecule has 28 heavy (non-hydrogen) atoms. The van der Waals surface area contributed by atoms with Gasteiger partial charge in [0.15, 0.2) is 17.5 Å². The number of aryl methyl sites for hydroxylation is 1. The van der Waals surface area contributed by atoms with Gasteiger partial charge in [-0.25, -0.2) is 0 Å². The van der Waals surface area contributed by atoms with Crippen LogP contribution in [0.5, 0.6) is 17.2 Å². The number of halogens is 1. The predicted molar refractivity (Wildman–Crippen MR) is 124 cm³/mol. The molecule has 0 saturated carbocycles. The zero-order valence-corrected chi connectivity index (χ0v) is 19.5. The average molecular weight is 499 g/mol.